The molecule has 1 saturated carbocycles. The Labute approximate surface area is 163 Å². The number of methoxy groups -OCH3 is 1. The van der Waals surface area contributed by atoms with Crippen molar-refractivity contribution in [3.05, 3.63) is 24.3 Å². The van der Waals surface area contributed by atoms with Crippen LogP contribution in [-0.2, 0) is 14.3 Å². The van der Waals surface area contributed by atoms with E-state index in [0.29, 0.717) is 36.9 Å². The SMILES string of the molecule is CCCC[C@@H](C)CC=C[C@H]1CCC(=O)[C@@H]1CC=CCCC(O)(O)C(=O)OC. The summed E-state index contributed by atoms with van der Waals surface area (Å²) >= 11 is 0. The van der Waals surface area contributed by atoms with Crippen molar-refractivity contribution in [3.63, 3.8) is 0 Å². The van der Waals surface area contributed by atoms with Crippen LogP contribution in [0.1, 0.15) is 71.6 Å². The van der Waals surface area contributed by atoms with Gasteiger partial charge in [0.25, 0.3) is 5.79 Å². The molecule has 1 aliphatic rings. The lowest BCUT2D eigenvalue weighted by Gasteiger charge is -2.17. The van der Waals surface area contributed by atoms with Crippen molar-refractivity contribution in [3.8, 4) is 0 Å². The summed E-state index contributed by atoms with van der Waals surface area (Å²) in [5.74, 6) is -2.21. The lowest BCUT2D eigenvalue weighted by molar-refractivity contribution is -0.208. The highest BCUT2D eigenvalue weighted by atomic mass is 16.6. The molecule has 0 heterocycles. The summed E-state index contributed by atoms with van der Waals surface area (Å²) in [5, 5.41) is 19.1. The normalized spacial score (nSPS) is 22.0. The van der Waals surface area contributed by atoms with Gasteiger partial charge in [-0.2, -0.15) is 0 Å². The van der Waals surface area contributed by atoms with E-state index in [1.165, 1.54) is 19.3 Å². The van der Waals surface area contributed by atoms with E-state index in [-0.39, 0.29) is 12.3 Å². The molecule has 5 nitrogen and oxygen atoms in total. The third kappa shape index (κ3) is 8.39. The lowest BCUT2D eigenvalue weighted by Crippen LogP contribution is -2.39. The third-order valence-corrected chi connectivity index (χ3v) is 5.36. The topological polar surface area (TPSA) is 83.8 Å². The molecule has 0 saturated heterocycles. The minimum Gasteiger partial charge on any atom is -0.465 e. The number of hydrogen-bond donors (Lipinski definition) is 2. The van der Waals surface area contributed by atoms with Gasteiger partial charge in [-0.3, -0.25) is 4.79 Å². The Hall–Kier alpha value is -1.46. The molecule has 1 aliphatic carbocycles. The highest BCUT2D eigenvalue weighted by molar-refractivity contribution is 5.83. The molecule has 5 heteroatoms. The average molecular weight is 381 g/mol. The summed E-state index contributed by atoms with van der Waals surface area (Å²) in [7, 11) is 1.11. The molecule has 3 atom stereocenters. The van der Waals surface area contributed by atoms with Crippen LogP contribution < -0.4 is 0 Å². The van der Waals surface area contributed by atoms with Crippen LogP contribution in [0.15, 0.2) is 24.3 Å². The number of unbranched alkanes of at least 4 members (excludes halogenated alkanes) is 1. The largest absolute Gasteiger partial charge is 0.465 e. The molecule has 2 N–H and O–H groups in total. The van der Waals surface area contributed by atoms with Gasteiger partial charge in [0.05, 0.1) is 7.11 Å². The first-order valence-corrected chi connectivity index (χ1v) is 10.2. The van der Waals surface area contributed by atoms with E-state index < -0.39 is 11.8 Å². The van der Waals surface area contributed by atoms with Crippen LogP contribution in [-0.4, -0.2) is 34.9 Å². The van der Waals surface area contributed by atoms with Crippen molar-refractivity contribution >= 4 is 11.8 Å². The summed E-state index contributed by atoms with van der Waals surface area (Å²) in [5.41, 5.74) is 0. The monoisotopic (exact) mass is 380 g/mol. The third-order valence-electron chi connectivity index (χ3n) is 5.36. The van der Waals surface area contributed by atoms with E-state index in [1.807, 2.05) is 6.08 Å². The number of ketones is 1. The van der Waals surface area contributed by atoms with Crippen LogP contribution in [0.2, 0.25) is 0 Å². The predicted molar refractivity (Wildman–Crippen MR) is 106 cm³/mol. The molecule has 0 amide bonds. The van der Waals surface area contributed by atoms with Gasteiger partial charge in [-0.1, -0.05) is 57.4 Å². The molecule has 0 aromatic heterocycles. The zero-order chi connectivity index (χ0) is 20.3. The van der Waals surface area contributed by atoms with Crippen LogP contribution in [0.5, 0.6) is 0 Å². The van der Waals surface area contributed by atoms with Crippen LogP contribution >= 0.6 is 0 Å². The van der Waals surface area contributed by atoms with Crippen LogP contribution in [0.4, 0.5) is 0 Å². The van der Waals surface area contributed by atoms with Crippen molar-refractivity contribution in [2.45, 2.75) is 77.4 Å². The Kier molecular flexibility index (Phi) is 10.6. The average Bonchev–Trinajstić information content (AvgIpc) is 2.98. The fraction of sp³-hybridized carbons (Fsp3) is 0.727. The number of ether oxygens (including phenoxy) is 1. The summed E-state index contributed by atoms with van der Waals surface area (Å²) < 4.78 is 4.34. The Bertz CT molecular complexity index is 521. The predicted octanol–water partition coefficient (Wildman–Crippen LogP) is 3.93. The molecule has 0 aromatic carbocycles. The molecule has 0 radical (unpaired) electrons. The summed E-state index contributed by atoms with van der Waals surface area (Å²) in [4.78, 5) is 23.4. The van der Waals surface area contributed by atoms with Crippen molar-refractivity contribution in [1.29, 1.82) is 0 Å². The first-order chi connectivity index (χ1) is 12.8. The molecule has 154 valence electrons. The quantitative estimate of drug-likeness (QED) is 0.304. The number of hydrogen-bond acceptors (Lipinski definition) is 5. The Balaban J connectivity index is 2.43. The summed E-state index contributed by atoms with van der Waals surface area (Å²) in [6, 6.07) is 0. The summed E-state index contributed by atoms with van der Waals surface area (Å²) in [6.45, 7) is 4.48. The van der Waals surface area contributed by atoms with Gasteiger partial charge < -0.3 is 14.9 Å². The Morgan fingerprint density at radius 1 is 1.33 bits per heavy atom. The second-order valence-corrected chi connectivity index (χ2v) is 7.74. The molecular weight excluding hydrogens is 344 g/mol. The maximum atomic E-state index is 12.2. The molecule has 0 bridgehead atoms. The van der Waals surface area contributed by atoms with E-state index >= 15 is 0 Å². The first-order valence-electron chi connectivity index (χ1n) is 10.2. The minimum atomic E-state index is -2.46. The van der Waals surface area contributed by atoms with Crippen LogP contribution in [0.25, 0.3) is 0 Å². The van der Waals surface area contributed by atoms with Crippen LogP contribution in [0, 0.1) is 17.8 Å². The highest BCUT2D eigenvalue weighted by Crippen LogP contribution is 2.33. The van der Waals surface area contributed by atoms with Gasteiger partial charge in [0.2, 0.25) is 0 Å². The van der Waals surface area contributed by atoms with Crippen molar-refractivity contribution < 1.29 is 24.5 Å². The van der Waals surface area contributed by atoms with Gasteiger partial charge in [-0.15, -0.1) is 0 Å². The number of aliphatic hydroxyl groups is 2. The zero-order valence-corrected chi connectivity index (χ0v) is 17.0. The van der Waals surface area contributed by atoms with E-state index in [1.54, 1.807) is 6.08 Å². The number of allylic oxidation sites excluding steroid dienone is 4. The fourth-order valence-corrected chi connectivity index (χ4v) is 3.54. The fourth-order valence-electron chi connectivity index (χ4n) is 3.54. The minimum absolute atomic E-state index is 0.0112. The lowest BCUT2D eigenvalue weighted by atomic mass is 9.90. The molecule has 1 fully saturated rings. The van der Waals surface area contributed by atoms with E-state index in [4.69, 9.17) is 0 Å². The van der Waals surface area contributed by atoms with Gasteiger partial charge in [0.15, 0.2) is 0 Å². The molecule has 0 spiro atoms. The second-order valence-electron chi connectivity index (χ2n) is 7.74. The van der Waals surface area contributed by atoms with Gasteiger partial charge >= 0.3 is 5.97 Å². The standard InChI is InChI=1S/C22H36O5/c1-4-5-10-17(2)11-9-12-18-14-15-20(23)19(18)13-7-6-8-16-22(25,26)21(24)27-3/h6-7,9,12,17-19,25-26H,4-5,8,10-11,13-16H2,1-3H3/t17-,18+,19-/m1/s1. The number of esters is 1. The number of carbonyl (C=O) groups is 2. The second kappa shape index (κ2) is 12.1. The zero-order valence-electron chi connectivity index (χ0n) is 17.0. The van der Waals surface area contributed by atoms with Crippen molar-refractivity contribution in [2.75, 3.05) is 7.11 Å². The number of Topliss-reactive ketones (excluding diaryl/α,β-unsaturated/α-hetero) is 1. The first kappa shape index (κ1) is 23.6. The smallest absolute Gasteiger partial charge is 0.366 e. The molecule has 27 heavy (non-hydrogen) atoms. The van der Waals surface area contributed by atoms with Crippen LogP contribution in [0.3, 0.4) is 0 Å². The molecule has 1 rings (SSSR count). The molecule has 0 aromatic rings. The molecule has 0 unspecified atom stereocenters. The Morgan fingerprint density at radius 2 is 2.07 bits per heavy atom. The van der Waals surface area contributed by atoms with Crippen molar-refractivity contribution in [2.24, 2.45) is 17.8 Å². The van der Waals surface area contributed by atoms with Gasteiger partial charge in [0.1, 0.15) is 5.78 Å². The highest BCUT2D eigenvalue weighted by Gasteiger charge is 2.34. The maximum absolute atomic E-state index is 12.2. The molecular formula is C22H36O5. The van der Waals surface area contributed by atoms with Gasteiger partial charge in [0, 0.05) is 18.8 Å². The van der Waals surface area contributed by atoms with E-state index in [0.717, 1.165) is 20.0 Å². The van der Waals surface area contributed by atoms with Gasteiger partial charge in [-0.05, 0) is 37.5 Å². The summed E-state index contributed by atoms with van der Waals surface area (Å²) in [6.07, 6.45) is 15.4. The molecule has 0 aliphatic heterocycles. The Morgan fingerprint density at radius 3 is 2.74 bits per heavy atom. The van der Waals surface area contributed by atoms with Crippen molar-refractivity contribution in [1.82, 2.24) is 0 Å². The van der Waals surface area contributed by atoms with E-state index in [2.05, 4.69) is 30.7 Å². The number of carbonyl (C=O) groups excluding carboxylic acids is 2. The number of rotatable bonds is 12. The van der Waals surface area contributed by atoms with Gasteiger partial charge in [-0.25, -0.2) is 4.79 Å². The maximum Gasteiger partial charge on any atom is 0.366 e. The van der Waals surface area contributed by atoms with E-state index in [9.17, 15) is 19.8 Å².